The van der Waals surface area contributed by atoms with E-state index in [0.29, 0.717) is 6.04 Å². The van der Waals surface area contributed by atoms with Gasteiger partial charge >= 0.3 is 0 Å². The van der Waals surface area contributed by atoms with Crippen molar-refractivity contribution in [3.05, 3.63) is 34.9 Å². The normalized spacial score (nSPS) is 18.1. The molecule has 0 aromatic heterocycles. The highest BCUT2D eigenvalue weighted by Gasteiger charge is 2.16. The van der Waals surface area contributed by atoms with E-state index in [1.807, 2.05) is 12.1 Å². The molecular formula is C18H28ClN. The fraction of sp³-hybridized carbons (Fsp3) is 0.667. The molecule has 1 fully saturated rings. The van der Waals surface area contributed by atoms with E-state index in [1.54, 1.807) is 0 Å². The van der Waals surface area contributed by atoms with Crippen LogP contribution < -0.4 is 5.32 Å². The van der Waals surface area contributed by atoms with Gasteiger partial charge in [0.15, 0.2) is 0 Å². The zero-order valence-electron chi connectivity index (χ0n) is 12.7. The van der Waals surface area contributed by atoms with Gasteiger partial charge in [-0.15, -0.1) is 0 Å². The average molecular weight is 294 g/mol. The Balaban J connectivity index is 1.81. The standard InChI is InChI=1S/C18H28ClN/c1-2-20-18(13-10-15-6-4-3-5-7-15)14-16-8-11-17(19)12-9-16/h8-9,11-12,15,18,20H,2-7,10,13-14H2,1H3. The van der Waals surface area contributed by atoms with Crippen molar-refractivity contribution in [2.75, 3.05) is 6.54 Å². The lowest BCUT2D eigenvalue weighted by Gasteiger charge is -2.25. The Labute approximate surface area is 129 Å². The van der Waals surface area contributed by atoms with Gasteiger partial charge in [0.2, 0.25) is 0 Å². The molecule has 1 N–H and O–H groups in total. The summed E-state index contributed by atoms with van der Waals surface area (Å²) in [6, 6.07) is 8.94. The van der Waals surface area contributed by atoms with Gasteiger partial charge in [-0.05, 0) is 49.4 Å². The Morgan fingerprint density at radius 1 is 1.15 bits per heavy atom. The molecule has 0 radical (unpaired) electrons. The second-order valence-corrected chi connectivity index (χ2v) is 6.60. The number of hydrogen-bond acceptors (Lipinski definition) is 1. The van der Waals surface area contributed by atoms with Crippen LogP contribution in [0.15, 0.2) is 24.3 Å². The molecule has 1 atom stereocenters. The van der Waals surface area contributed by atoms with Crippen molar-refractivity contribution in [1.82, 2.24) is 5.32 Å². The maximum atomic E-state index is 5.96. The lowest BCUT2D eigenvalue weighted by Crippen LogP contribution is -2.31. The van der Waals surface area contributed by atoms with Crippen LogP contribution in [0.5, 0.6) is 0 Å². The van der Waals surface area contributed by atoms with Crippen LogP contribution in [-0.2, 0) is 6.42 Å². The predicted octanol–water partition coefficient (Wildman–Crippen LogP) is 5.22. The Bertz CT molecular complexity index is 368. The first kappa shape index (κ1) is 15.9. The molecule has 0 aliphatic heterocycles. The molecule has 1 saturated carbocycles. The van der Waals surface area contributed by atoms with E-state index in [1.165, 1.54) is 50.5 Å². The van der Waals surface area contributed by atoms with Crippen LogP contribution in [-0.4, -0.2) is 12.6 Å². The van der Waals surface area contributed by atoms with E-state index in [2.05, 4.69) is 24.4 Å². The van der Waals surface area contributed by atoms with Gasteiger partial charge in [0.25, 0.3) is 0 Å². The van der Waals surface area contributed by atoms with E-state index < -0.39 is 0 Å². The first-order valence-corrected chi connectivity index (χ1v) is 8.63. The van der Waals surface area contributed by atoms with E-state index in [-0.39, 0.29) is 0 Å². The molecule has 112 valence electrons. The van der Waals surface area contributed by atoms with Crippen LogP contribution in [0.4, 0.5) is 0 Å². The van der Waals surface area contributed by atoms with E-state index in [0.717, 1.165) is 23.9 Å². The quantitative estimate of drug-likeness (QED) is 0.726. The summed E-state index contributed by atoms with van der Waals surface area (Å²) in [6.07, 6.45) is 11.1. The highest BCUT2D eigenvalue weighted by molar-refractivity contribution is 6.30. The predicted molar refractivity (Wildman–Crippen MR) is 88.4 cm³/mol. The van der Waals surface area contributed by atoms with Crippen LogP contribution in [0, 0.1) is 5.92 Å². The summed E-state index contributed by atoms with van der Waals surface area (Å²) >= 11 is 5.96. The Kier molecular flexibility index (Phi) is 6.89. The summed E-state index contributed by atoms with van der Waals surface area (Å²) in [5, 5.41) is 4.48. The third kappa shape index (κ3) is 5.46. The SMILES string of the molecule is CCNC(CCC1CCCCC1)Cc1ccc(Cl)cc1. The molecule has 1 unspecified atom stereocenters. The zero-order valence-corrected chi connectivity index (χ0v) is 13.5. The molecule has 1 aromatic carbocycles. The Hall–Kier alpha value is -0.530. The van der Waals surface area contributed by atoms with Gasteiger partial charge in [-0.2, -0.15) is 0 Å². The summed E-state index contributed by atoms with van der Waals surface area (Å²) in [5.41, 5.74) is 1.39. The maximum absolute atomic E-state index is 5.96. The molecule has 0 bridgehead atoms. The van der Waals surface area contributed by atoms with Crippen molar-refractivity contribution < 1.29 is 0 Å². The lowest BCUT2D eigenvalue weighted by atomic mass is 9.84. The Morgan fingerprint density at radius 3 is 2.50 bits per heavy atom. The molecule has 0 heterocycles. The molecule has 1 nitrogen and oxygen atoms in total. The smallest absolute Gasteiger partial charge is 0.0406 e. The molecule has 0 amide bonds. The first-order chi connectivity index (χ1) is 9.78. The van der Waals surface area contributed by atoms with Crippen molar-refractivity contribution in [1.29, 1.82) is 0 Å². The van der Waals surface area contributed by atoms with Gasteiger partial charge in [-0.3, -0.25) is 0 Å². The molecular weight excluding hydrogens is 266 g/mol. The van der Waals surface area contributed by atoms with Crippen LogP contribution in [0.3, 0.4) is 0 Å². The topological polar surface area (TPSA) is 12.0 Å². The van der Waals surface area contributed by atoms with E-state index in [9.17, 15) is 0 Å². The second-order valence-electron chi connectivity index (χ2n) is 6.17. The Morgan fingerprint density at radius 2 is 1.85 bits per heavy atom. The number of rotatable bonds is 7. The first-order valence-electron chi connectivity index (χ1n) is 8.25. The largest absolute Gasteiger partial charge is 0.314 e. The molecule has 0 spiro atoms. The second kappa shape index (κ2) is 8.69. The average Bonchev–Trinajstić information content (AvgIpc) is 2.48. The van der Waals surface area contributed by atoms with Crippen molar-refractivity contribution in [3.63, 3.8) is 0 Å². The van der Waals surface area contributed by atoms with Crippen molar-refractivity contribution in [2.24, 2.45) is 5.92 Å². The third-order valence-electron chi connectivity index (χ3n) is 4.54. The minimum atomic E-state index is 0.614. The minimum Gasteiger partial charge on any atom is -0.314 e. The minimum absolute atomic E-state index is 0.614. The van der Waals surface area contributed by atoms with Crippen molar-refractivity contribution in [3.8, 4) is 0 Å². The maximum Gasteiger partial charge on any atom is 0.0406 e. The fourth-order valence-electron chi connectivity index (χ4n) is 3.38. The van der Waals surface area contributed by atoms with Crippen LogP contribution in [0.2, 0.25) is 5.02 Å². The van der Waals surface area contributed by atoms with Crippen LogP contribution in [0.1, 0.15) is 57.4 Å². The van der Waals surface area contributed by atoms with Gasteiger partial charge in [-0.1, -0.05) is 62.8 Å². The monoisotopic (exact) mass is 293 g/mol. The third-order valence-corrected chi connectivity index (χ3v) is 4.79. The van der Waals surface area contributed by atoms with Gasteiger partial charge in [0.1, 0.15) is 0 Å². The molecule has 20 heavy (non-hydrogen) atoms. The highest BCUT2D eigenvalue weighted by atomic mass is 35.5. The molecule has 2 rings (SSSR count). The lowest BCUT2D eigenvalue weighted by molar-refractivity contribution is 0.313. The van der Waals surface area contributed by atoms with Gasteiger partial charge in [0, 0.05) is 11.1 Å². The van der Waals surface area contributed by atoms with E-state index >= 15 is 0 Å². The number of likely N-dealkylation sites (N-methyl/N-ethyl adjacent to an activating group) is 1. The van der Waals surface area contributed by atoms with E-state index in [4.69, 9.17) is 11.6 Å². The summed E-state index contributed by atoms with van der Waals surface area (Å²) < 4.78 is 0. The zero-order chi connectivity index (χ0) is 14.2. The number of hydrogen-bond donors (Lipinski definition) is 1. The summed E-state index contributed by atoms with van der Waals surface area (Å²) in [6.45, 7) is 3.26. The van der Waals surface area contributed by atoms with Crippen LogP contribution in [0.25, 0.3) is 0 Å². The van der Waals surface area contributed by atoms with Gasteiger partial charge < -0.3 is 5.32 Å². The summed E-state index contributed by atoms with van der Waals surface area (Å²) in [7, 11) is 0. The number of benzene rings is 1. The van der Waals surface area contributed by atoms with Gasteiger partial charge in [0.05, 0.1) is 0 Å². The van der Waals surface area contributed by atoms with Gasteiger partial charge in [-0.25, -0.2) is 0 Å². The molecule has 1 aliphatic rings. The van der Waals surface area contributed by atoms with Crippen molar-refractivity contribution >= 4 is 11.6 Å². The highest BCUT2D eigenvalue weighted by Crippen LogP contribution is 2.28. The summed E-state index contributed by atoms with van der Waals surface area (Å²) in [5.74, 6) is 0.982. The number of halogens is 1. The molecule has 2 heteroatoms. The molecule has 0 saturated heterocycles. The fourth-order valence-corrected chi connectivity index (χ4v) is 3.51. The molecule has 1 aromatic rings. The van der Waals surface area contributed by atoms with Crippen molar-refractivity contribution in [2.45, 2.75) is 64.3 Å². The van der Waals surface area contributed by atoms with Crippen LogP contribution >= 0.6 is 11.6 Å². The molecule has 1 aliphatic carbocycles. The summed E-state index contributed by atoms with van der Waals surface area (Å²) in [4.78, 5) is 0. The number of nitrogens with one attached hydrogen (secondary N) is 1.